The van der Waals surface area contributed by atoms with Gasteiger partial charge in [0.2, 0.25) is 0 Å². The number of hydrogen-bond acceptors (Lipinski definition) is 3. The molecule has 0 saturated carbocycles. The van der Waals surface area contributed by atoms with Crippen LogP contribution >= 0.6 is 0 Å². The molecule has 16 heavy (non-hydrogen) atoms. The minimum atomic E-state index is 0.503. The van der Waals surface area contributed by atoms with Gasteiger partial charge in [0.1, 0.15) is 11.8 Å². The lowest BCUT2D eigenvalue weighted by molar-refractivity contribution is 0.251. The molecular formula is C13H18N2O. The van der Waals surface area contributed by atoms with Crippen molar-refractivity contribution >= 4 is 5.69 Å². The summed E-state index contributed by atoms with van der Waals surface area (Å²) in [7, 11) is 0. The molecule has 0 bridgehead atoms. The van der Waals surface area contributed by atoms with Crippen molar-refractivity contribution in [2.24, 2.45) is 5.92 Å². The third-order valence-electron chi connectivity index (χ3n) is 2.43. The van der Waals surface area contributed by atoms with Gasteiger partial charge in [0, 0.05) is 5.69 Å². The topological polar surface area (TPSA) is 59.0 Å². The molecule has 0 aliphatic rings. The van der Waals surface area contributed by atoms with Crippen LogP contribution in [0.2, 0.25) is 0 Å². The van der Waals surface area contributed by atoms with Gasteiger partial charge in [-0.15, -0.1) is 0 Å². The van der Waals surface area contributed by atoms with Crippen LogP contribution in [0.25, 0.3) is 0 Å². The van der Waals surface area contributed by atoms with E-state index in [-0.39, 0.29) is 0 Å². The highest BCUT2D eigenvalue weighted by Gasteiger charge is 2.06. The van der Waals surface area contributed by atoms with Gasteiger partial charge < -0.3 is 10.5 Å². The molecule has 0 aromatic heterocycles. The maximum absolute atomic E-state index is 8.93. The first-order chi connectivity index (χ1) is 7.67. The Morgan fingerprint density at radius 1 is 1.50 bits per heavy atom. The Bertz CT molecular complexity index is 382. The van der Waals surface area contributed by atoms with Crippen LogP contribution in [0.5, 0.6) is 5.75 Å². The Hall–Kier alpha value is -1.69. The van der Waals surface area contributed by atoms with E-state index in [0.717, 1.165) is 12.8 Å². The molecule has 86 valence electrons. The average molecular weight is 218 g/mol. The molecule has 1 aromatic rings. The monoisotopic (exact) mass is 218 g/mol. The van der Waals surface area contributed by atoms with Crippen LogP contribution in [0.3, 0.4) is 0 Å². The molecule has 0 heterocycles. The lowest BCUT2D eigenvalue weighted by Crippen LogP contribution is -2.09. The van der Waals surface area contributed by atoms with Crippen LogP contribution in [0.15, 0.2) is 18.2 Å². The number of benzene rings is 1. The maximum atomic E-state index is 8.93. The van der Waals surface area contributed by atoms with E-state index in [4.69, 9.17) is 15.7 Å². The van der Waals surface area contributed by atoms with Crippen molar-refractivity contribution < 1.29 is 4.74 Å². The summed E-state index contributed by atoms with van der Waals surface area (Å²) in [6.07, 6.45) is 2.29. The Labute approximate surface area is 96.8 Å². The Morgan fingerprint density at radius 2 is 2.25 bits per heavy atom. The van der Waals surface area contributed by atoms with E-state index < -0.39 is 0 Å². The molecule has 3 nitrogen and oxygen atoms in total. The minimum absolute atomic E-state index is 0.503. The lowest BCUT2D eigenvalue weighted by atomic mass is 10.1. The summed E-state index contributed by atoms with van der Waals surface area (Å²) in [6, 6.07) is 7.23. The van der Waals surface area contributed by atoms with Crippen LogP contribution in [0.1, 0.15) is 32.3 Å². The molecule has 2 N–H and O–H groups in total. The number of anilines is 1. The van der Waals surface area contributed by atoms with Crippen molar-refractivity contribution in [2.75, 3.05) is 12.3 Å². The molecule has 0 radical (unpaired) electrons. The second kappa shape index (κ2) is 6.02. The van der Waals surface area contributed by atoms with Gasteiger partial charge in [0.15, 0.2) is 0 Å². The van der Waals surface area contributed by atoms with E-state index in [0.29, 0.717) is 29.5 Å². The summed E-state index contributed by atoms with van der Waals surface area (Å²) >= 11 is 0. The summed E-state index contributed by atoms with van der Waals surface area (Å²) < 4.78 is 5.62. The van der Waals surface area contributed by atoms with Crippen molar-refractivity contribution in [3.05, 3.63) is 23.8 Å². The predicted octanol–water partition coefficient (Wildman–Crippen LogP) is 2.96. The van der Waals surface area contributed by atoms with E-state index >= 15 is 0 Å². The van der Waals surface area contributed by atoms with E-state index in [1.54, 1.807) is 18.2 Å². The SMILES string of the molecule is CCCC(C)COc1ccc(N)cc1C#N. The number of nitrogen functional groups attached to an aromatic ring is 1. The first-order valence-corrected chi connectivity index (χ1v) is 5.59. The van der Waals surface area contributed by atoms with Gasteiger partial charge in [-0.25, -0.2) is 0 Å². The zero-order valence-corrected chi connectivity index (χ0v) is 9.86. The standard InChI is InChI=1S/C13H18N2O/c1-3-4-10(2)9-16-13-6-5-12(15)7-11(13)8-14/h5-7,10H,3-4,9,15H2,1-2H3. The second-order valence-corrected chi connectivity index (χ2v) is 4.07. The predicted molar refractivity (Wildman–Crippen MR) is 65.1 cm³/mol. The van der Waals surface area contributed by atoms with E-state index in [1.807, 2.05) is 0 Å². The van der Waals surface area contributed by atoms with Crippen LogP contribution in [-0.4, -0.2) is 6.61 Å². The molecule has 1 aromatic carbocycles. The van der Waals surface area contributed by atoms with Crippen molar-refractivity contribution in [2.45, 2.75) is 26.7 Å². The van der Waals surface area contributed by atoms with Crippen LogP contribution in [0, 0.1) is 17.2 Å². The second-order valence-electron chi connectivity index (χ2n) is 4.07. The number of rotatable bonds is 5. The van der Waals surface area contributed by atoms with Gasteiger partial charge in [-0.3, -0.25) is 0 Å². The van der Waals surface area contributed by atoms with Crippen molar-refractivity contribution in [1.29, 1.82) is 5.26 Å². The summed E-state index contributed by atoms with van der Waals surface area (Å²) in [6.45, 7) is 4.94. The lowest BCUT2D eigenvalue weighted by Gasteiger charge is -2.13. The van der Waals surface area contributed by atoms with Gasteiger partial charge in [-0.1, -0.05) is 20.3 Å². The minimum Gasteiger partial charge on any atom is -0.492 e. The quantitative estimate of drug-likeness (QED) is 0.773. The first kappa shape index (κ1) is 12.4. The molecule has 0 saturated heterocycles. The molecule has 1 unspecified atom stereocenters. The highest BCUT2D eigenvalue weighted by Crippen LogP contribution is 2.21. The van der Waals surface area contributed by atoms with Gasteiger partial charge in [-0.2, -0.15) is 5.26 Å². The average Bonchev–Trinajstić information content (AvgIpc) is 2.27. The number of hydrogen-bond donors (Lipinski definition) is 1. The van der Waals surface area contributed by atoms with Gasteiger partial charge in [-0.05, 0) is 30.5 Å². The fourth-order valence-corrected chi connectivity index (χ4v) is 1.57. The highest BCUT2D eigenvalue weighted by atomic mass is 16.5. The molecule has 0 spiro atoms. The van der Waals surface area contributed by atoms with Crippen molar-refractivity contribution in [3.63, 3.8) is 0 Å². The largest absolute Gasteiger partial charge is 0.492 e. The van der Waals surface area contributed by atoms with Gasteiger partial charge in [0.25, 0.3) is 0 Å². The van der Waals surface area contributed by atoms with E-state index in [1.165, 1.54) is 0 Å². The smallest absolute Gasteiger partial charge is 0.137 e. The Kier molecular flexibility index (Phi) is 4.65. The fourth-order valence-electron chi connectivity index (χ4n) is 1.57. The van der Waals surface area contributed by atoms with Crippen molar-refractivity contribution in [3.8, 4) is 11.8 Å². The third kappa shape index (κ3) is 3.47. The molecule has 0 aliphatic carbocycles. The number of nitrogens with two attached hydrogens (primary N) is 1. The Morgan fingerprint density at radius 3 is 2.88 bits per heavy atom. The summed E-state index contributed by atoms with van der Waals surface area (Å²) in [5, 5.41) is 8.93. The zero-order valence-electron chi connectivity index (χ0n) is 9.86. The third-order valence-corrected chi connectivity index (χ3v) is 2.43. The van der Waals surface area contributed by atoms with E-state index in [9.17, 15) is 0 Å². The van der Waals surface area contributed by atoms with Gasteiger partial charge in [0.05, 0.1) is 12.2 Å². The molecule has 1 atom stereocenters. The zero-order chi connectivity index (χ0) is 12.0. The number of ether oxygens (including phenoxy) is 1. The van der Waals surface area contributed by atoms with Crippen LogP contribution < -0.4 is 10.5 Å². The molecule has 0 amide bonds. The summed E-state index contributed by atoms with van der Waals surface area (Å²) in [5.41, 5.74) is 6.69. The molecule has 1 rings (SSSR count). The highest BCUT2D eigenvalue weighted by molar-refractivity contribution is 5.53. The van der Waals surface area contributed by atoms with Crippen LogP contribution in [-0.2, 0) is 0 Å². The number of nitriles is 1. The molecule has 0 fully saturated rings. The molecule has 0 aliphatic heterocycles. The summed E-state index contributed by atoms with van der Waals surface area (Å²) in [4.78, 5) is 0. The number of nitrogens with zero attached hydrogens (tertiary/aromatic N) is 1. The van der Waals surface area contributed by atoms with Crippen LogP contribution in [0.4, 0.5) is 5.69 Å². The maximum Gasteiger partial charge on any atom is 0.137 e. The normalized spacial score (nSPS) is 11.8. The Balaban J connectivity index is 2.64. The first-order valence-electron chi connectivity index (χ1n) is 5.59. The summed E-state index contributed by atoms with van der Waals surface area (Å²) in [5.74, 6) is 1.13. The van der Waals surface area contributed by atoms with Crippen molar-refractivity contribution in [1.82, 2.24) is 0 Å². The van der Waals surface area contributed by atoms with Gasteiger partial charge >= 0.3 is 0 Å². The fraction of sp³-hybridized carbons (Fsp3) is 0.462. The molecule has 3 heteroatoms. The van der Waals surface area contributed by atoms with E-state index in [2.05, 4.69) is 19.9 Å². The molecular weight excluding hydrogens is 200 g/mol.